The maximum Gasteiger partial charge on any atom is 0.312 e. The highest BCUT2D eigenvalue weighted by atomic mass is 32.2. The van der Waals surface area contributed by atoms with Gasteiger partial charge in [0.1, 0.15) is 0 Å². The van der Waals surface area contributed by atoms with Crippen molar-refractivity contribution in [3.05, 3.63) is 0 Å². The molecule has 1 saturated heterocycles. The molecule has 2 unspecified atom stereocenters. The van der Waals surface area contributed by atoms with Crippen LogP contribution in [0.1, 0.15) is 39.0 Å². The summed E-state index contributed by atoms with van der Waals surface area (Å²) in [6.07, 6.45) is 4.56. The van der Waals surface area contributed by atoms with E-state index in [1.54, 1.807) is 0 Å². The summed E-state index contributed by atoms with van der Waals surface area (Å²) in [5.41, 5.74) is 5.15. The number of thioether (sulfide) groups is 1. The third-order valence-electron chi connectivity index (χ3n) is 3.05. The summed E-state index contributed by atoms with van der Waals surface area (Å²) in [4.78, 5) is 22.1. The van der Waals surface area contributed by atoms with E-state index in [1.807, 2.05) is 18.7 Å². The molecule has 1 heterocycles. The van der Waals surface area contributed by atoms with Crippen LogP contribution in [0.15, 0.2) is 0 Å². The van der Waals surface area contributed by atoms with E-state index in [4.69, 9.17) is 5.73 Å². The topological polar surface area (TPSA) is 84.2 Å². The van der Waals surface area contributed by atoms with Crippen LogP contribution in [-0.4, -0.2) is 35.5 Å². The standard InChI is InChI=1S/C12H23N3O2S/c1-2-14-11(16)6-4-3-5-10-9(7-8-18-10)15-12(13)17/h9-10H,2-8H2,1H3,(H,14,16)(H3,13,15,17). The van der Waals surface area contributed by atoms with Gasteiger partial charge in [-0.1, -0.05) is 6.42 Å². The Morgan fingerprint density at radius 1 is 1.39 bits per heavy atom. The highest BCUT2D eigenvalue weighted by Gasteiger charge is 2.28. The fourth-order valence-electron chi connectivity index (χ4n) is 2.20. The molecule has 2 atom stereocenters. The molecule has 18 heavy (non-hydrogen) atoms. The van der Waals surface area contributed by atoms with Gasteiger partial charge >= 0.3 is 6.03 Å². The second-order valence-corrected chi connectivity index (χ2v) is 5.86. The lowest BCUT2D eigenvalue weighted by Crippen LogP contribution is -2.42. The molecule has 4 N–H and O–H groups in total. The Hall–Kier alpha value is -0.910. The molecule has 3 amide bonds. The smallest absolute Gasteiger partial charge is 0.312 e. The first-order chi connectivity index (χ1) is 8.63. The monoisotopic (exact) mass is 273 g/mol. The molecule has 0 aliphatic carbocycles. The number of urea groups is 1. The molecule has 0 spiro atoms. The summed E-state index contributed by atoms with van der Waals surface area (Å²) in [7, 11) is 0. The number of unbranched alkanes of at least 4 members (excludes halogenated alkanes) is 1. The van der Waals surface area contributed by atoms with Crippen molar-refractivity contribution in [3.63, 3.8) is 0 Å². The van der Waals surface area contributed by atoms with Gasteiger partial charge in [0.05, 0.1) is 0 Å². The number of hydrogen-bond donors (Lipinski definition) is 3. The van der Waals surface area contributed by atoms with Gasteiger partial charge in [-0.15, -0.1) is 0 Å². The van der Waals surface area contributed by atoms with Gasteiger partial charge in [-0.05, 0) is 31.9 Å². The summed E-state index contributed by atoms with van der Waals surface area (Å²) in [6, 6.07) is -0.230. The Bertz CT molecular complexity index is 286. The zero-order valence-corrected chi connectivity index (χ0v) is 11.7. The normalized spacial score (nSPS) is 22.7. The van der Waals surface area contributed by atoms with Gasteiger partial charge < -0.3 is 16.4 Å². The minimum atomic E-state index is -0.435. The maximum absolute atomic E-state index is 11.3. The fraction of sp³-hybridized carbons (Fsp3) is 0.833. The van der Waals surface area contributed by atoms with E-state index in [0.717, 1.165) is 31.4 Å². The van der Waals surface area contributed by atoms with Crippen LogP contribution in [0.4, 0.5) is 4.79 Å². The average Bonchev–Trinajstić information content (AvgIpc) is 2.71. The molecule has 104 valence electrons. The number of nitrogens with one attached hydrogen (secondary N) is 2. The fourth-order valence-corrected chi connectivity index (χ4v) is 3.66. The lowest BCUT2D eigenvalue weighted by atomic mass is 10.0. The second kappa shape index (κ2) is 8.24. The van der Waals surface area contributed by atoms with Gasteiger partial charge in [-0.25, -0.2) is 4.79 Å². The summed E-state index contributed by atoms with van der Waals surface area (Å²) in [5, 5.41) is 6.04. The molecule has 6 heteroatoms. The maximum atomic E-state index is 11.3. The highest BCUT2D eigenvalue weighted by Crippen LogP contribution is 2.30. The van der Waals surface area contributed by atoms with Crippen molar-refractivity contribution in [2.45, 2.75) is 50.3 Å². The largest absolute Gasteiger partial charge is 0.356 e. The number of rotatable bonds is 7. The summed E-state index contributed by atoms with van der Waals surface area (Å²) in [6.45, 7) is 2.62. The quantitative estimate of drug-likeness (QED) is 0.610. The van der Waals surface area contributed by atoms with E-state index < -0.39 is 6.03 Å². The molecule has 5 nitrogen and oxygen atoms in total. The second-order valence-electron chi connectivity index (χ2n) is 4.51. The van der Waals surface area contributed by atoms with Crippen LogP contribution in [0.5, 0.6) is 0 Å². The Morgan fingerprint density at radius 2 is 2.17 bits per heavy atom. The van der Waals surface area contributed by atoms with Gasteiger partial charge in [0.25, 0.3) is 0 Å². The molecule has 0 aromatic rings. The van der Waals surface area contributed by atoms with Crippen LogP contribution in [0, 0.1) is 0 Å². The molecule has 0 radical (unpaired) electrons. The van der Waals surface area contributed by atoms with Crippen molar-refractivity contribution >= 4 is 23.7 Å². The van der Waals surface area contributed by atoms with Gasteiger partial charge in [-0.3, -0.25) is 4.79 Å². The van der Waals surface area contributed by atoms with E-state index in [9.17, 15) is 9.59 Å². The van der Waals surface area contributed by atoms with Crippen LogP contribution in [0.3, 0.4) is 0 Å². The number of amides is 3. The zero-order chi connectivity index (χ0) is 13.4. The van der Waals surface area contributed by atoms with E-state index in [0.29, 0.717) is 18.2 Å². The van der Waals surface area contributed by atoms with E-state index >= 15 is 0 Å². The minimum absolute atomic E-state index is 0.128. The summed E-state index contributed by atoms with van der Waals surface area (Å²) in [5.74, 6) is 1.20. The van der Waals surface area contributed by atoms with Crippen LogP contribution < -0.4 is 16.4 Å². The van der Waals surface area contributed by atoms with Crippen molar-refractivity contribution < 1.29 is 9.59 Å². The molecular weight excluding hydrogens is 250 g/mol. The van der Waals surface area contributed by atoms with E-state index in [-0.39, 0.29) is 11.9 Å². The van der Waals surface area contributed by atoms with Crippen LogP contribution in [0.2, 0.25) is 0 Å². The predicted molar refractivity (Wildman–Crippen MR) is 74.5 cm³/mol. The molecule has 1 rings (SSSR count). The molecule has 1 aliphatic heterocycles. The van der Waals surface area contributed by atoms with Crippen LogP contribution in [-0.2, 0) is 4.79 Å². The number of nitrogens with two attached hydrogens (primary N) is 1. The third kappa shape index (κ3) is 5.62. The number of primary amides is 1. The molecule has 1 aliphatic rings. The van der Waals surface area contributed by atoms with Crippen molar-refractivity contribution in [2.24, 2.45) is 5.73 Å². The lowest BCUT2D eigenvalue weighted by molar-refractivity contribution is -0.121. The number of hydrogen-bond acceptors (Lipinski definition) is 3. The highest BCUT2D eigenvalue weighted by molar-refractivity contribution is 8.00. The Labute approximate surface area is 113 Å². The number of carbonyl (C=O) groups excluding carboxylic acids is 2. The van der Waals surface area contributed by atoms with Crippen molar-refractivity contribution in [1.29, 1.82) is 0 Å². The lowest BCUT2D eigenvalue weighted by Gasteiger charge is -2.18. The van der Waals surface area contributed by atoms with Crippen molar-refractivity contribution in [2.75, 3.05) is 12.3 Å². The molecule has 0 bridgehead atoms. The first-order valence-corrected chi connectivity index (χ1v) is 7.62. The molecule has 0 aromatic carbocycles. The third-order valence-corrected chi connectivity index (χ3v) is 4.52. The molecular formula is C12H23N3O2S. The van der Waals surface area contributed by atoms with E-state index in [2.05, 4.69) is 10.6 Å². The molecule has 1 fully saturated rings. The average molecular weight is 273 g/mol. The molecule has 0 aromatic heterocycles. The van der Waals surface area contributed by atoms with Crippen molar-refractivity contribution in [3.8, 4) is 0 Å². The first kappa shape index (κ1) is 15.1. The summed E-state index contributed by atoms with van der Waals surface area (Å²) < 4.78 is 0. The predicted octanol–water partition coefficient (Wildman–Crippen LogP) is 1.23. The summed E-state index contributed by atoms with van der Waals surface area (Å²) >= 11 is 1.89. The van der Waals surface area contributed by atoms with Crippen LogP contribution in [0.25, 0.3) is 0 Å². The Kier molecular flexibility index (Phi) is 6.93. The van der Waals surface area contributed by atoms with Gasteiger partial charge in [-0.2, -0.15) is 11.8 Å². The van der Waals surface area contributed by atoms with Gasteiger partial charge in [0.15, 0.2) is 0 Å². The molecule has 0 saturated carbocycles. The van der Waals surface area contributed by atoms with Crippen molar-refractivity contribution in [1.82, 2.24) is 10.6 Å². The minimum Gasteiger partial charge on any atom is -0.356 e. The van der Waals surface area contributed by atoms with E-state index in [1.165, 1.54) is 0 Å². The van der Waals surface area contributed by atoms with Crippen LogP contribution >= 0.6 is 11.8 Å². The first-order valence-electron chi connectivity index (χ1n) is 6.57. The van der Waals surface area contributed by atoms with Gasteiger partial charge in [0.2, 0.25) is 5.91 Å². The Morgan fingerprint density at radius 3 is 2.83 bits per heavy atom. The SMILES string of the molecule is CCNC(=O)CCCCC1SCCC1NC(N)=O. The van der Waals surface area contributed by atoms with Gasteiger partial charge in [0, 0.05) is 24.3 Å². The number of carbonyl (C=O) groups is 2. The zero-order valence-electron chi connectivity index (χ0n) is 10.9. The Balaban J connectivity index is 2.14.